The smallest absolute Gasteiger partial charge is 0.243 e. The van der Waals surface area contributed by atoms with Crippen LogP contribution in [0.2, 0.25) is 0 Å². The Morgan fingerprint density at radius 2 is 1.59 bits per heavy atom. The Labute approximate surface area is 129 Å². The average molecular weight is 312 g/mol. The summed E-state index contributed by atoms with van der Waals surface area (Å²) >= 11 is 0. The molecule has 0 fully saturated rings. The Morgan fingerprint density at radius 1 is 0.864 bits per heavy atom. The zero-order chi connectivity index (χ0) is 15.2. The van der Waals surface area contributed by atoms with Crippen molar-refractivity contribution in [3.8, 4) is 0 Å². The molecular formula is C17H16N2O2S. The SMILES string of the molecule is O=S(=O)(c1ccccc1)N1CCn2c(cc3ccccc32)C1. The molecule has 0 amide bonds. The number of sulfonamides is 1. The van der Waals surface area contributed by atoms with Crippen LogP contribution in [0.1, 0.15) is 5.69 Å². The highest BCUT2D eigenvalue weighted by Crippen LogP contribution is 2.27. The Morgan fingerprint density at radius 3 is 2.41 bits per heavy atom. The van der Waals surface area contributed by atoms with Gasteiger partial charge in [-0.3, -0.25) is 0 Å². The van der Waals surface area contributed by atoms with E-state index in [9.17, 15) is 8.42 Å². The number of hydrogen-bond donors (Lipinski definition) is 0. The molecule has 4 rings (SSSR count). The van der Waals surface area contributed by atoms with Crippen molar-refractivity contribution in [1.82, 2.24) is 8.87 Å². The fourth-order valence-corrected chi connectivity index (χ4v) is 4.50. The lowest BCUT2D eigenvalue weighted by Crippen LogP contribution is -2.37. The molecule has 5 heteroatoms. The Balaban J connectivity index is 1.73. The van der Waals surface area contributed by atoms with Crippen LogP contribution < -0.4 is 0 Å². The monoisotopic (exact) mass is 312 g/mol. The second-order valence-corrected chi connectivity index (χ2v) is 7.44. The van der Waals surface area contributed by atoms with Crippen molar-refractivity contribution < 1.29 is 8.42 Å². The van der Waals surface area contributed by atoms with E-state index in [1.165, 1.54) is 5.52 Å². The largest absolute Gasteiger partial charge is 0.342 e. The first-order valence-corrected chi connectivity index (χ1v) is 8.72. The summed E-state index contributed by atoms with van der Waals surface area (Å²) in [5, 5.41) is 1.16. The molecule has 0 saturated carbocycles. The van der Waals surface area contributed by atoms with Gasteiger partial charge in [0.15, 0.2) is 0 Å². The van der Waals surface area contributed by atoms with Gasteiger partial charge in [-0.1, -0.05) is 36.4 Å². The van der Waals surface area contributed by atoms with Gasteiger partial charge < -0.3 is 4.57 Å². The second-order valence-electron chi connectivity index (χ2n) is 5.50. The summed E-state index contributed by atoms with van der Waals surface area (Å²) in [7, 11) is -3.42. The summed E-state index contributed by atoms with van der Waals surface area (Å²) in [6.45, 7) is 1.61. The van der Waals surface area contributed by atoms with Gasteiger partial charge in [0.1, 0.15) is 0 Å². The highest BCUT2D eigenvalue weighted by molar-refractivity contribution is 7.89. The van der Waals surface area contributed by atoms with Crippen molar-refractivity contribution in [2.75, 3.05) is 6.54 Å². The molecule has 3 aromatic rings. The van der Waals surface area contributed by atoms with Crippen LogP contribution >= 0.6 is 0 Å². The molecule has 1 aromatic heterocycles. The molecule has 1 aliphatic rings. The Bertz CT molecular complexity index is 930. The third-order valence-corrected chi connectivity index (χ3v) is 6.05. The molecule has 2 aromatic carbocycles. The topological polar surface area (TPSA) is 42.3 Å². The summed E-state index contributed by atoms with van der Waals surface area (Å²) in [6, 6.07) is 18.9. The number of hydrogen-bond acceptors (Lipinski definition) is 2. The number of benzene rings is 2. The fraction of sp³-hybridized carbons (Fsp3) is 0.176. The molecule has 0 spiro atoms. The number of aromatic nitrogens is 1. The van der Waals surface area contributed by atoms with Crippen molar-refractivity contribution in [3.05, 3.63) is 66.4 Å². The summed E-state index contributed by atoms with van der Waals surface area (Å²) in [6.07, 6.45) is 0. The van der Waals surface area contributed by atoms with E-state index in [0.29, 0.717) is 24.5 Å². The summed E-state index contributed by atoms with van der Waals surface area (Å²) in [5.74, 6) is 0. The average Bonchev–Trinajstić information content (AvgIpc) is 2.93. The lowest BCUT2D eigenvalue weighted by atomic mass is 10.2. The van der Waals surface area contributed by atoms with Crippen LogP contribution in [-0.4, -0.2) is 23.8 Å². The molecule has 0 aliphatic carbocycles. The van der Waals surface area contributed by atoms with Crippen LogP contribution in [0, 0.1) is 0 Å². The molecule has 0 saturated heterocycles. The molecule has 0 radical (unpaired) electrons. The zero-order valence-corrected chi connectivity index (χ0v) is 12.8. The minimum atomic E-state index is -3.42. The van der Waals surface area contributed by atoms with E-state index in [0.717, 1.165) is 11.1 Å². The van der Waals surface area contributed by atoms with Crippen molar-refractivity contribution in [3.63, 3.8) is 0 Å². The molecule has 1 aliphatic heterocycles. The molecule has 0 atom stereocenters. The van der Waals surface area contributed by atoms with Crippen LogP contribution in [0.5, 0.6) is 0 Å². The molecule has 22 heavy (non-hydrogen) atoms. The number of rotatable bonds is 2. The highest BCUT2D eigenvalue weighted by Gasteiger charge is 2.28. The van der Waals surface area contributed by atoms with E-state index >= 15 is 0 Å². The van der Waals surface area contributed by atoms with Crippen molar-refractivity contribution >= 4 is 20.9 Å². The van der Waals surface area contributed by atoms with Gasteiger partial charge in [0.05, 0.1) is 11.4 Å². The Hall–Kier alpha value is -2.11. The normalized spacial score (nSPS) is 15.8. The lowest BCUT2D eigenvalue weighted by molar-refractivity contribution is 0.345. The maximum atomic E-state index is 12.7. The van der Waals surface area contributed by atoms with E-state index in [4.69, 9.17) is 0 Å². The van der Waals surface area contributed by atoms with E-state index in [-0.39, 0.29) is 0 Å². The van der Waals surface area contributed by atoms with Crippen LogP contribution in [0.3, 0.4) is 0 Å². The zero-order valence-electron chi connectivity index (χ0n) is 12.0. The van der Waals surface area contributed by atoms with Gasteiger partial charge in [-0.15, -0.1) is 0 Å². The predicted molar refractivity (Wildman–Crippen MR) is 86.0 cm³/mol. The van der Waals surface area contributed by atoms with E-state index in [1.54, 1.807) is 28.6 Å². The maximum Gasteiger partial charge on any atom is 0.243 e. The number of nitrogens with zero attached hydrogens (tertiary/aromatic N) is 2. The maximum absolute atomic E-state index is 12.7. The van der Waals surface area contributed by atoms with Gasteiger partial charge in [0.2, 0.25) is 10.0 Å². The first kappa shape index (κ1) is 13.5. The number of para-hydroxylation sites is 1. The molecule has 0 unspecified atom stereocenters. The van der Waals surface area contributed by atoms with E-state index in [2.05, 4.69) is 22.8 Å². The quantitative estimate of drug-likeness (QED) is 0.730. The molecule has 0 N–H and O–H groups in total. The molecule has 2 heterocycles. The van der Waals surface area contributed by atoms with Crippen molar-refractivity contribution in [1.29, 1.82) is 0 Å². The minimum absolute atomic E-state index is 0.361. The van der Waals surface area contributed by atoms with Crippen LogP contribution in [0.15, 0.2) is 65.6 Å². The van der Waals surface area contributed by atoms with Crippen LogP contribution in [0.25, 0.3) is 10.9 Å². The molecule has 0 bridgehead atoms. The second kappa shape index (κ2) is 4.97. The van der Waals surface area contributed by atoms with Gasteiger partial charge in [-0.2, -0.15) is 4.31 Å². The van der Waals surface area contributed by atoms with Gasteiger partial charge in [0.25, 0.3) is 0 Å². The van der Waals surface area contributed by atoms with Crippen LogP contribution in [0.4, 0.5) is 0 Å². The van der Waals surface area contributed by atoms with E-state index in [1.807, 2.05) is 18.2 Å². The fourth-order valence-electron chi connectivity index (χ4n) is 3.08. The van der Waals surface area contributed by atoms with Crippen molar-refractivity contribution in [2.24, 2.45) is 0 Å². The minimum Gasteiger partial charge on any atom is -0.342 e. The van der Waals surface area contributed by atoms with E-state index < -0.39 is 10.0 Å². The standard InChI is InChI=1S/C17H16N2O2S/c20-22(21,16-7-2-1-3-8-16)18-10-11-19-15(13-18)12-14-6-4-5-9-17(14)19/h1-9,12H,10-11,13H2. The highest BCUT2D eigenvalue weighted by atomic mass is 32.2. The summed E-state index contributed by atoms with van der Waals surface area (Å²) < 4.78 is 29.2. The van der Waals surface area contributed by atoms with Gasteiger partial charge in [-0.25, -0.2) is 8.42 Å². The van der Waals surface area contributed by atoms with Gasteiger partial charge in [-0.05, 0) is 29.7 Å². The third kappa shape index (κ3) is 2.05. The molecule has 112 valence electrons. The third-order valence-electron chi connectivity index (χ3n) is 4.19. The summed E-state index contributed by atoms with van der Waals surface area (Å²) in [4.78, 5) is 0.361. The number of fused-ring (bicyclic) bond motifs is 3. The first-order chi connectivity index (χ1) is 10.7. The lowest BCUT2D eigenvalue weighted by Gasteiger charge is -2.28. The van der Waals surface area contributed by atoms with Gasteiger partial charge in [0, 0.05) is 24.3 Å². The summed E-state index contributed by atoms with van der Waals surface area (Å²) in [5.41, 5.74) is 2.22. The van der Waals surface area contributed by atoms with Gasteiger partial charge >= 0.3 is 0 Å². The predicted octanol–water partition coefficient (Wildman–Crippen LogP) is 2.85. The Kier molecular flexibility index (Phi) is 3.06. The molecule has 4 nitrogen and oxygen atoms in total. The molecular weight excluding hydrogens is 296 g/mol. The van der Waals surface area contributed by atoms with Crippen LogP contribution in [-0.2, 0) is 23.1 Å². The van der Waals surface area contributed by atoms with Crippen molar-refractivity contribution in [2.45, 2.75) is 18.0 Å². The first-order valence-electron chi connectivity index (χ1n) is 7.28.